The fourth-order valence-corrected chi connectivity index (χ4v) is 3.19. The van der Waals surface area contributed by atoms with Crippen LogP contribution in [0, 0.1) is 13.8 Å². The van der Waals surface area contributed by atoms with Crippen molar-refractivity contribution >= 4 is 21.8 Å². The van der Waals surface area contributed by atoms with Crippen molar-refractivity contribution in [2.45, 2.75) is 32.5 Å². The van der Waals surface area contributed by atoms with Crippen molar-refractivity contribution < 1.29 is 18.0 Å². The maximum Gasteiger partial charge on any atom is 0.433 e. The molecule has 0 aliphatic carbocycles. The summed E-state index contributed by atoms with van der Waals surface area (Å²) in [6, 6.07) is 6.94. The second-order valence-electron chi connectivity index (χ2n) is 6.23. The van der Waals surface area contributed by atoms with E-state index in [0.717, 1.165) is 23.4 Å². The molecule has 2 aromatic rings. The van der Waals surface area contributed by atoms with Crippen LogP contribution in [0.3, 0.4) is 0 Å². The highest BCUT2D eigenvalue weighted by molar-refractivity contribution is 9.10. The van der Waals surface area contributed by atoms with Gasteiger partial charge in [-0.05, 0) is 53.4 Å². The Morgan fingerprint density at radius 1 is 1.27 bits per heavy atom. The molecule has 1 unspecified atom stereocenters. The summed E-state index contributed by atoms with van der Waals surface area (Å²) < 4.78 is 39.2. The van der Waals surface area contributed by atoms with E-state index in [1.807, 2.05) is 26.0 Å². The Morgan fingerprint density at radius 3 is 2.73 bits per heavy atom. The average Bonchev–Trinajstić information content (AvgIpc) is 2.57. The number of halogens is 4. The van der Waals surface area contributed by atoms with Gasteiger partial charge in [0.2, 0.25) is 0 Å². The van der Waals surface area contributed by atoms with Gasteiger partial charge in [0.05, 0.1) is 12.6 Å². The van der Waals surface area contributed by atoms with Gasteiger partial charge in [-0.15, -0.1) is 0 Å². The lowest BCUT2D eigenvalue weighted by Crippen LogP contribution is -2.37. The predicted octanol–water partition coefficient (Wildman–Crippen LogP) is 4.37. The number of alkyl halides is 3. The molecule has 4 nitrogen and oxygen atoms in total. The summed E-state index contributed by atoms with van der Waals surface area (Å²) in [5, 5.41) is 0. The number of aryl methyl sites for hydroxylation is 2. The van der Waals surface area contributed by atoms with Gasteiger partial charge >= 0.3 is 6.18 Å². The molecular weight excluding hydrogens is 411 g/mol. The van der Waals surface area contributed by atoms with Crippen LogP contribution < -0.4 is 5.48 Å². The van der Waals surface area contributed by atoms with Gasteiger partial charge in [-0.25, -0.2) is 5.48 Å². The maximum atomic E-state index is 12.9. The summed E-state index contributed by atoms with van der Waals surface area (Å²) in [4.78, 5) is 13.3. The number of nitrogens with zero attached hydrogens (tertiary/aromatic N) is 2. The van der Waals surface area contributed by atoms with Crippen molar-refractivity contribution in [3.63, 3.8) is 0 Å². The molecule has 2 heterocycles. The van der Waals surface area contributed by atoms with E-state index in [9.17, 15) is 13.2 Å². The van der Waals surface area contributed by atoms with E-state index in [1.54, 1.807) is 0 Å². The highest BCUT2D eigenvalue weighted by atomic mass is 79.9. The predicted molar refractivity (Wildman–Crippen MR) is 96.0 cm³/mol. The molecule has 1 N–H and O–H groups in total. The van der Waals surface area contributed by atoms with Crippen molar-refractivity contribution in [2.75, 3.05) is 6.61 Å². The molecule has 26 heavy (non-hydrogen) atoms. The summed E-state index contributed by atoms with van der Waals surface area (Å²) in [5.74, 6) is 0.255. The zero-order valence-electron chi connectivity index (χ0n) is 14.2. The number of benzene rings is 1. The zero-order valence-corrected chi connectivity index (χ0v) is 15.8. The zero-order chi connectivity index (χ0) is 18.9. The van der Waals surface area contributed by atoms with Crippen LogP contribution in [0.15, 0.2) is 39.9 Å². The second kappa shape index (κ2) is 7.36. The number of aromatic nitrogens is 1. The third-order valence-corrected chi connectivity index (χ3v) is 4.74. The monoisotopic (exact) mass is 427 g/mol. The first kappa shape index (κ1) is 18.8. The summed E-state index contributed by atoms with van der Waals surface area (Å²) in [6.07, 6.45) is -2.76. The van der Waals surface area contributed by atoms with Crippen molar-refractivity contribution in [2.24, 2.45) is 4.99 Å². The Balaban J connectivity index is 1.89. The molecule has 1 aromatic carbocycles. The summed E-state index contributed by atoms with van der Waals surface area (Å²) in [5.41, 5.74) is 5.38. The van der Waals surface area contributed by atoms with Gasteiger partial charge in [0.15, 0.2) is 5.84 Å². The first-order chi connectivity index (χ1) is 12.2. The summed E-state index contributed by atoms with van der Waals surface area (Å²) in [7, 11) is 0. The van der Waals surface area contributed by atoms with Crippen LogP contribution in [0.5, 0.6) is 0 Å². The minimum absolute atomic E-state index is 0.193. The smallest absolute Gasteiger partial charge is 0.272 e. The van der Waals surface area contributed by atoms with Gasteiger partial charge in [0.1, 0.15) is 5.69 Å². The van der Waals surface area contributed by atoms with Crippen LogP contribution in [-0.4, -0.2) is 23.5 Å². The largest absolute Gasteiger partial charge is 0.433 e. The molecule has 1 aliphatic rings. The fourth-order valence-electron chi connectivity index (χ4n) is 2.79. The molecule has 8 heteroatoms. The molecule has 1 atom stereocenters. The van der Waals surface area contributed by atoms with Gasteiger partial charge in [-0.2, -0.15) is 13.2 Å². The molecule has 0 radical (unpaired) electrons. The van der Waals surface area contributed by atoms with Gasteiger partial charge in [-0.1, -0.05) is 23.8 Å². The molecule has 0 saturated carbocycles. The Kier molecular flexibility index (Phi) is 5.34. The highest BCUT2D eigenvalue weighted by Crippen LogP contribution is 2.30. The molecule has 3 rings (SSSR count). The number of amidine groups is 1. The number of hydrogen-bond acceptors (Lipinski definition) is 4. The normalized spacial score (nSPS) is 17.6. The molecule has 1 aromatic heterocycles. The minimum Gasteiger partial charge on any atom is -0.272 e. The summed E-state index contributed by atoms with van der Waals surface area (Å²) in [6.45, 7) is 4.40. The van der Waals surface area contributed by atoms with E-state index in [1.165, 1.54) is 5.56 Å². The van der Waals surface area contributed by atoms with Gasteiger partial charge in [0, 0.05) is 16.2 Å². The first-order valence-electron chi connectivity index (χ1n) is 7.99. The van der Waals surface area contributed by atoms with Crippen molar-refractivity contribution in [1.82, 2.24) is 10.5 Å². The Morgan fingerprint density at radius 2 is 2.04 bits per heavy atom. The van der Waals surface area contributed by atoms with Crippen LogP contribution in [0.25, 0.3) is 0 Å². The van der Waals surface area contributed by atoms with Crippen LogP contribution in [0.4, 0.5) is 13.2 Å². The highest BCUT2D eigenvalue weighted by Gasteiger charge is 2.33. The molecular formula is C18H17BrF3N3O. The van der Waals surface area contributed by atoms with Gasteiger partial charge < -0.3 is 0 Å². The quantitative estimate of drug-likeness (QED) is 0.790. The number of hydroxylamine groups is 1. The van der Waals surface area contributed by atoms with E-state index >= 15 is 0 Å². The maximum absolute atomic E-state index is 12.9. The lowest BCUT2D eigenvalue weighted by Gasteiger charge is -2.23. The van der Waals surface area contributed by atoms with Crippen LogP contribution >= 0.6 is 15.9 Å². The fraction of sp³-hybridized carbons (Fsp3) is 0.333. The lowest BCUT2D eigenvalue weighted by atomic mass is 9.99. The standard InChI is InChI=1S/C18H17BrF3N3O/c1-10-3-4-12(11(2)5-10)6-13-9-26-25-17(24-13)14-7-16(18(20,21)22)23-8-15(14)19/h3-5,7-8,13H,6,9H2,1-2H3,(H,24,25). The third kappa shape index (κ3) is 4.24. The number of nitrogens with one attached hydrogen (secondary N) is 1. The number of hydrogen-bond donors (Lipinski definition) is 1. The van der Waals surface area contributed by atoms with Crippen LogP contribution in [0.2, 0.25) is 0 Å². The van der Waals surface area contributed by atoms with E-state index in [2.05, 4.69) is 37.5 Å². The van der Waals surface area contributed by atoms with Crippen molar-refractivity contribution in [1.29, 1.82) is 0 Å². The van der Waals surface area contributed by atoms with E-state index in [0.29, 0.717) is 17.5 Å². The number of pyridine rings is 1. The topological polar surface area (TPSA) is 46.5 Å². The molecule has 0 amide bonds. The Bertz CT molecular complexity index is 852. The van der Waals surface area contributed by atoms with Gasteiger partial charge in [0.25, 0.3) is 0 Å². The SMILES string of the molecule is Cc1ccc(CC2CONC(c3cc(C(F)(F)F)ncc3Br)=N2)c(C)c1. The number of rotatable bonds is 3. The van der Waals surface area contributed by atoms with E-state index < -0.39 is 11.9 Å². The van der Waals surface area contributed by atoms with Crippen molar-refractivity contribution in [3.05, 3.63) is 62.9 Å². The van der Waals surface area contributed by atoms with E-state index in [4.69, 9.17) is 4.84 Å². The second-order valence-corrected chi connectivity index (χ2v) is 7.08. The third-order valence-electron chi connectivity index (χ3n) is 4.11. The van der Waals surface area contributed by atoms with E-state index in [-0.39, 0.29) is 17.4 Å². The Labute approximate surface area is 157 Å². The molecule has 138 valence electrons. The molecule has 0 spiro atoms. The molecule has 0 saturated heterocycles. The average molecular weight is 428 g/mol. The lowest BCUT2D eigenvalue weighted by molar-refractivity contribution is -0.141. The van der Waals surface area contributed by atoms with Crippen molar-refractivity contribution in [3.8, 4) is 0 Å². The minimum atomic E-state index is -4.52. The number of aliphatic imine (C=N–C) groups is 1. The molecule has 0 bridgehead atoms. The van der Waals surface area contributed by atoms with Crippen LogP contribution in [-0.2, 0) is 17.4 Å². The first-order valence-corrected chi connectivity index (χ1v) is 8.78. The van der Waals surface area contributed by atoms with Gasteiger partial charge in [-0.3, -0.25) is 14.8 Å². The molecule has 1 aliphatic heterocycles. The Hall–Kier alpha value is -1.93. The summed E-state index contributed by atoms with van der Waals surface area (Å²) >= 11 is 3.23. The van der Waals surface area contributed by atoms with Crippen LogP contribution in [0.1, 0.15) is 27.9 Å². The molecule has 0 fully saturated rings.